The lowest BCUT2D eigenvalue weighted by Gasteiger charge is -2.23. The van der Waals surface area contributed by atoms with E-state index in [1.54, 1.807) is 0 Å². The van der Waals surface area contributed by atoms with Gasteiger partial charge in [-0.2, -0.15) is 0 Å². The maximum Gasteiger partial charge on any atom is 0.101 e. The van der Waals surface area contributed by atoms with Crippen molar-refractivity contribution in [1.82, 2.24) is 4.57 Å². The molecular formula is C49H36N2S. The van der Waals surface area contributed by atoms with Crippen molar-refractivity contribution in [1.29, 1.82) is 0 Å². The summed E-state index contributed by atoms with van der Waals surface area (Å²) in [4.78, 5) is 3.61. The standard InChI is InChI=1S/C49H36N2S/c1-49(2)43-21-13-12-20-39(43)40-31-42-41-30-35(24-27-45(41)51(46(42)32-44(40)49)37-18-10-5-11-19-37)47-28-29-48(52-47)50(36-16-8-4-9-17-36)38-25-22-34(23-26-38)33-14-6-3-7-15-33/h3-32H,1-2H3. The van der Waals surface area contributed by atoms with Crippen molar-refractivity contribution < 1.29 is 0 Å². The second-order valence-corrected chi connectivity index (χ2v) is 15.3. The van der Waals surface area contributed by atoms with Crippen molar-refractivity contribution in [2.24, 2.45) is 0 Å². The lowest BCUT2D eigenvalue weighted by atomic mass is 9.82. The molecule has 7 aromatic carbocycles. The number of aromatic nitrogens is 1. The Hall–Kier alpha value is -6.16. The first-order valence-electron chi connectivity index (χ1n) is 17.9. The quantitative estimate of drug-likeness (QED) is 0.169. The van der Waals surface area contributed by atoms with E-state index in [4.69, 9.17) is 0 Å². The molecule has 52 heavy (non-hydrogen) atoms. The third-order valence-corrected chi connectivity index (χ3v) is 11.9. The van der Waals surface area contributed by atoms with Crippen LogP contribution in [0.15, 0.2) is 182 Å². The van der Waals surface area contributed by atoms with Crippen molar-refractivity contribution in [3.63, 3.8) is 0 Å². The maximum absolute atomic E-state index is 2.46. The van der Waals surface area contributed by atoms with Gasteiger partial charge in [0, 0.05) is 38.1 Å². The number of nitrogens with zero attached hydrogens (tertiary/aromatic N) is 2. The Morgan fingerprint density at radius 3 is 1.85 bits per heavy atom. The molecule has 0 bridgehead atoms. The van der Waals surface area contributed by atoms with Gasteiger partial charge in [-0.3, -0.25) is 0 Å². The average Bonchev–Trinajstić information content (AvgIpc) is 3.87. The molecule has 0 saturated carbocycles. The Kier molecular flexibility index (Phi) is 7.06. The molecule has 0 saturated heterocycles. The van der Waals surface area contributed by atoms with Crippen LogP contribution in [0.25, 0.3) is 60.2 Å². The van der Waals surface area contributed by atoms with Gasteiger partial charge in [-0.05, 0) is 112 Å². The van der Waals surface area contributed by atoms with Crippen LogP contribution in [0, 0.1) is 0 Å². The molecule has 1 aliphatic carbocycles. The monoisotopic (exact) mass is 684 g/mol. The summed E-state index contributed by atoms with van der Waals surface area (Å²) in [7, 11) is 0. The number of hydrogen-bond donors (Lipinski definition) is 0. The Labute approximate surface area is 308 Å². The van der Waals surface area contributed by atoms with Crippen LogP contribution in [0.2, 0.25) is 0 Å². The van der Waals surface area contributed by atoms with Crippen LogP contribution in [0.1, 0.15) is 25.0 Å². The summed E-state index contributed by atoms with van der Waals surface area (Å²) >= 11 is 1.83. The minimum Gasteiger partial charge on any atom is -0.309 e. The van der Waals surface area contributed by atoms with Crippen LogP contribution in [-0.2, 0) is 5.41 Å². The van der Waals surface area contributed by atoms with Gasteiger partial charge in [-0.15, -0.1) is 11.3 Å². The van der Waals surface area contributed by atoms with E-state index in [1.165, 1.54) is 76.3 Å². The highest BCUT2D eigenvalue weighted by molar-refractivity contribution is 7.19. The SMILES string of the molecule is CC1(C)c2ccccc2-c2cc3c4cc(-c5ccc(N(c6ccccc6)c6ccc(-c7ccccc7)cc6)s5)ccc4n(-c4ccccc4)c3cc21. The average molecular weight is 685 g/mol. The summed E-state index contributed by atoms with van der Waals surface area (Å²) in [5.74, 6) is 0. The third kappa shape index (κ3) is 4.85. The first-order valence-corrected chi connectivity index (χ1v) is 18.8. The molecule has 0 fully saturated rings. The summed E-state index contributed by atoms with van der Waals surface area (Å²) in [6, 6.07) is 66.4. The van der Waals surface area contributed by atoms with Gasteiger partial charge in [0.2, 0.25) is 0 Å². The topological polar surface area (TPSA) is 8.17 Å². The number of benzene rings is 7. The molecule has 2 heterocycles. The molecule has 3 heteroatoms. The molecule has 0 amide bonds. The highest BCUT2D eigenvalue weighted by Gasteiger charge is 2.36. The van der Waals surface area contributed by atoms with Gasteiger partial charge in [0.25, 0.3) is 0 Å². The van der Waals surface area contributed by atoms with Crippen LogP contribution in [0.3, 0.4) is 0 Å². The van der Waals surface area contributed by atoms with Crippen LogP contribution < -0.4 is 4.90 Å². The van der Waals surface area contributed by atoms with Crippen molar-refractivity contribution in [2.75, 3.05) is 4.90 Å². The highest BCUT2D eigenvalue weighted by Crippen LogP contribution is 2.51. The molecule has 2 aromatic heterocycles. The number of para-hydroxylation sites is 2. The molecule has 0 N–H and O–H groups in total. The summed E-state index contributed by atoms with van der Waals surface area (Å²) in [6.45, 7) is 4.73. The van der Waals surface area contributed by atoms with E-state index >= 15 is 0 Å². The summed E-state index contributed by atoms with van der Waals surface area (Å²) < 4.78 is 2.45. The number of thiophene rings is 1. The number of fused-ring (bicyclic) bond motifs is 6. The molecular weight excluding hydrogens is 649 g/mol. The lowest BCUT2D eigenvalue weighted by molar-refractivity contribution is 0.661. The zero-order valence-corrected chi connectivity index (χ0v) is 29.9. The summed E-state index contributed by atoms with van der Waals surface area (Å²) in [5, 5.41) is 3.73. The van der Waals surface area contributed by atoms with Crippen LogP contribution in [-0.4, -0.2) is 4.57 Å². The second kappa shape index (κ2) is 12.0. The zero-order valence-electron chi connectivity index (χ0n) is 29.1. The van der Waals surface area contributed by atoms with E-state index in [0.717, 1.165) is 11.4 Å². The van der Waals surface area contributed by atoms with Gasteiger partial charge in [0.1, 0.15) is 5.00 Å². The van der Waals surface area contributed by atoms with E-state index in [-0.39, 0.29) is 5.41 Å². The van der Waals surface area contributed by atoms with Crippen LogP contribution in [0.5, 0.6) is 0 Å². The largest absolute Gasteiger partial charge is 0.309 e. The molecule has 10 rings (SSSR count). The molecule has 0 atom stereocenters. The first-order chi connectivity index (χ1) is 25.5. The van der Waals surface area contributed by atoms with Crippen molar-refractivity contribution in [2.45, 2.75) is 19.3 Å². The van der Waals surface area contributed by atoms with Gasteiger partial charge < -0.3 is 9.47 Å². The van der Waals surface area contributed by atoms with Gasteiger partial charge in [-0.25, -0.2) is 0 Å². The normalized spacial score (nSPS) is 13.0. The van der Waals surface area contributed by atoms with E-state index in [2.05, 4.69) is 205 Å². The summed E-state index contributed by atoms with van der Waals surface area (Å²) in [5.41, 5.74) is 15.0. The van der Waals surface area contributed by atoms with E-state index in [0.29, 0.717) is 0 Å². The van der Waals surface area contributed by atoms with E-state index in [1.807, 2.05) is 11.3 Å². The molecule has 1 aliphatic rings. The third-order valence-electron chi connectivity index (χ3n) is 10.8. The van der Waals surface area contributed by atoms with Gasteiger partial charge >= 0.3 is 0 Å². The Bertz CT molecular complexity index is 2740. The zero-order chi connectivity index (χ0) is 34.8. The maximum atomic E-state index is 2.46. The van der Waals surface area contributed by atoms with E-state index < -0.39 is 0 Å². The molecule has 0 spiro atoms. The highest BCUT2D eigenvalue weighted by atomic mass is 32.1. The smallest absolute Gasteiger partial charge is 0.101 e. The molecule has 0 aliphatic heterocycles. The van der Waals surface area contributed by atoms with Gasteiger partial charge in [-0.1, -0.05) is 123 Å². The fourth-order valence-electron chi connectivity index (χ4n) is 8.24. The number of rotatable bonds is 6. The van der Waals surface area contributed by atoms with Gasteiger partial charge in [0.05, 0.1) is 11.0 Å². The Balaban J connectivity index is 1.11. The van der Waals surface area contributed by atoms with E-state index in [9.17, 15) is 0 Å². The van der Waals surface area contributed by atoms with Crippen molar-refractivity contribution >= 4 is 49.5 Å². The van der Waals surface area contributed by atoms with Crippen molar-refractivity contribution in [3.8, 4) is 38.4 Å². The number of anilines is 3. The lowest BCUT2D eigenvalue weighted by Crippen LogP contribution is -2.14. The van der Waals surface area contributed by atoms with Crippen LogP contribution >= 0.6 is 11.3 Å². The molecule has 9 aromatic rings. The fraction of sp³-hybridized carbons (Fsp3) is 0.0612. The second-order valence-electron chi connectivity index (χ2n) is 14.2. The molecule has 0 radical (unpaired) electrons. The molecule has 0 unspecified atom stereocenters. The predicted octanol–water partition coefficient (Wildman–Crippen LogP) is 14.0. The summed E-state index contributed by atoms with van der Waals surface area (Å²) in [6.07, 6.45) is 0. The van der Waals surface area contributed by atoms with Crippen molar-refractivity contribution in [3.05, 3.63) is 193 Å². The fourth-order valence-corrected chi connectivity index (χ4v) is 9.28. The minimum absolute atomic E-state index is 0.0664. The molecule has 2 nitrogen and oxygen atoms in total. The Morgan fingerprint density at radius 1 is 0.462 bits per heavy atom. The first kappa shape index (κ1) is 30.6. The van der Waals surface area contributed by atoms with Gasteiger partial charge in [0.15, 0.2) is 0 Å². The Morgan fingerprint density at radius 2 is 1.08 bits per heavy atom. The number of hydrogen-bond acceptors (Lipinski definition) is 2. The minimum atomic E-state index is -0.0664. The predicted molar refractivity (Wildman–Crippen MR) is 222 cm³/mol. The van der Waals surface area contributed by atoms with Crippen LogP contribution in [0.4, 0.5) is 16.4 Å². The molecule has 248 valence electrons.